The summed E-state index contributed by atoms with van der Waals surface area (Å²) < 4.78 is 38.3. The molecule has 2 saturated heterocycles. The molecule has 1 aromatic heterocycles. The SMILES string of the molecule is COc1cc(N2CCC(NCCNC(=O)C3CC(Oc4cccc(C5CCC(=O)NC5=O)c4)C3)CC2)ccc1Nc1ncc(Cl)c(Nc2cccc3c2N(S(C)(=O)=O)CC3)n1. The van der Waals surface area contributed by atoms with E-state index in [-0.39, 0.29) is 46.6 Å². The van der Waals surface area contributed by atoms with Gasteiger partial charge in [-0.2, -0.15) is 4.98 Å². The summed E-state index contributed by atoms with van der Waals surface area (Å²) in [6.07, 6.45) is 7.23. The predicted molar refractivity (Wildman–Crippen MR) is 234 cm³/mol. The number of hydrogen-bond acceptors (Lipinski definition) is 13. The van der Waals surface area contributed by atoms with E-state index >= 15 is 0 Å². The molecule has 18 heteroatoms. The number of rotatable bonds is 15. The van der Waals surface area contributed by atoms with Crippen LogP contribution in [0.5, 0.6) is 11.5 Å². The lowest BCUT2D eigenvalue weighted by Gasteiger charge is -2.35. The maximum Gasteiger partial charge on any atom is 0.234 e. The molecule has 1 atom stereocenters. The topological polar surface area (TPSA) is 196 Å². The van der Waals surface area contributed by atoms with Gasteiger partial charge in [0.25, 0.3) is 0 Å². The molecule has 0 spiro atoms. The number of ether oxygens (including phenoxy) is 2. The number of anilines is 6. The van der Waals surface area contributed by atoms with Gasteiger partial charge in [0, 0.05) is 62.9 Å². The van der Waals surface area contributed by atoms with Gasteiger partial charge in [-0.25, -0.2) is 13.4 Å². The van der Waals surface area contributed by atoms with Crippen molar-refractivity contribution in [2.24, 2.45) is 5.92 Å². The van der Waals surface area contributed by atoms with Crippen molar-refractivity contribution in [1.29, 1.82) is 0 Å². The molecule has 4 aromatic rings. The number of imide groups is 1. The van der Waals surface area contributed by atoms with Crippen LogP contribution in [0.1, 0.15) is 55.6 Å². The van der Waals surface area contributed by atoms with Crippen molar-refractivity contribution in [1.82, 2.24) is 25.9 Å². The number of piperidine rings is 2. The summed E-state index contributed by atoms with van der Waals surface area (Å²) in [6.45, 7) is 3.32. The van der Waals surface area contributed by atoms with Crippen molar-refractivity contribution in [2.45, 2.75) is 63.0 Å². The zero-order valence-electron chi connectivity index (χ0n) is 34.1. The summed E-state index contributed by atoms with van der Waals surface area (Å²) in [4.78, 5) is 48.0. The highest BCUT2D eigenvalue weighted by atomic mass is 35.5. The van der Waals surface area contributed by atoms with Gasteiger partial charge in [0.15, 0.2) is 5.82 Å². The van der Waals surface area contributed by atoms with Gasteiger partial charge in [0.05, 0.1) is 42.5 Å². The highest BCUT2D eigenvalue weighted by Crippen LogP contribution is 2.40. The van der Waals surface area contributed by atoms with Gasteiger partial charge in [-0.05, 0) is 80.0 Å². The number of nitrogens with one attached hydrogen (secondary N) is 5. The Balaban J connectivity index is 0.766. The lowest BCUT2D eigenvalue weighted by Crippen LogP contribution is -2.47. The monoisotopic (exact) mass is 871 g/mol. The van der Waals surface area contributed by atoms with E-state index in [9.17, 15) is 22.8 Å². The van der Waals surface area contributed by atoms with E-state index in [4.69, 9.17) is 21.1 Å². The minimum atomic E-state index is -3.47. The molecule has 61 heavy (non-hydrogen) atoms. The van der Waals surface area contributed by atoms with E-state index in [0.717, 1.165) is 42.7 Å². The summed E-state index contributed by atoms with van der Waals surface area (Å²) in [7, 11) is -1.85. The fraction of sp³-hybridized carbons (Fsp3) is 0.419. The Hall–Kier alpha value is -5.65. The van der Waals surface area contributed by atoms with Gasteiger partial charge in [-0.15, -0.1) is 0 Å². The number of carbonyl (C=O) groups excluding carboxylic acids is 3. The van der Waals surface area contributed by atoms with Crippen LogP contribution in [0.15, 0.2) is 66.9 Å². The Morgan fingerprint density at radius 3 is 2.52 bits per heavy atom. The summed E-state index contributed by atoms with van der Waals surface area (Å²) >= 11 is 6.50. The molecule has 4 aliphatic rings. The number of carbonyl (C=O) groups is 3. The van der Waals surface area contributed by atoms with E-state index in [1.807, 2.05) is 54.6 Å². The van der Waals surface area contributed by atoms with Gasteiger partial charge in [-0.3, -0.25) is 24.0 Å². The molecule has 3 fully saturated rings. The first-order chi connectivity index (χ1) is 29.4. The first-order valence-electron chi connectivity index (χ1n) is 20.6. The molecular formula is C43H50ClN9O7S. The normalized spacial score (nSPS) is 20.3. The number of amides is 3. The first kappa shape index (κ1) is 42.1. The van der Waals surface area contributed by atoms with Gasteiger partial charge >= 0.3 is 0 Å². The Bertz CT molecular complexity index is 2410. The molecule has 322 valence electrons. The van der Waals surface area contributed by atoms with Crippen LogP contribution in [0.3, 0.4) is 0 Å². The van der Waals surface area contributed by atoms with Crippen LogP contribution in [0.4, 0.5) is 34.5 Å². The lowest BCUT2D eigenvalue weighted by molar-refractivity contribution is -0.134. The van der Waals surface area contributed by atoms with Crippen molar-refractivity contribution < 1.29 is 32.3 Å². The van der Waals surface area contributed by atoms with Crippen LogP contribution in [0.25, 0.3) is 0 Å². The molecule has 16 nitrogen and oxygen atoms in total. The van der Waals surface area contributed by atoms with Gasteiger partial charge in [0.2, 0.25) is 33.7 Å². The van der Waals surface area contributed by atoms with Crippen molar-refractivity contribution in [3.05, 3.63) is 83.0 Å². The highest BCUT2D eigenvalue weighted by molar-refractivity contribution is 7.92. The Kier molecular flexibility index (Phi) is 12.5. The third kappa shape index (κ3) is 9.79. The minimum Gasteiger partial charge on any atom is -0.494 e. The van der Waals surface area contributed by atoms with Crippen LogP contribution in [-0.2, 0) is 30.8 Å². The lowest BCUT2D eigenvalue weighted by atomic mass is 9.81. The molecule has 1 unspecified atom stereocenters. The second kappa shape index (κ2) is 18.1. The van der Waals surface area contributed by atoms with Gasteiger partial charge in [-0.1, -0.05) is 35.9 Å². The molecular weight excluding hydrogens is 822 g/mol. The third-order valence-corrected chi connectivity index (χ3v) is 13.2. The van der Waals surface area contributed by atoms with Crippen molar-refractivity contribution in [2.75, 3.05) is 65.9 Å². The number of benzene rings is 3. The largest absolute Gasteiger partial charge is 0.494 e. The molecule has 4 heterocycles. The van der Waals surface area contributed by atoms with E-state index in [1.54, 1.807) is 13.2 Å². The first-order valence-corrected chi connectivity index (χ1v) is 22.8. The number of halogens is 1. The van der Waals surface area contributed by atoms with E-state index in [1.165, 1.54) is 16.8 Å². The minimum absolute atomic E-state index is 0.0402. The second-order valence-corrected chi connectivity index (χ2v) is 18.2. The molecule has 1 saturated carbocycles. The number of sulfonamides is 1. The molecule has 3 aromatic carbocycles. The number of nitrogens with zero attached hydrogens (tertiary/aromatic N) is 4. The van der Waals surface area contributed by atoms with Crippen molar-refractivity contribution in [3.63, 3.8) is 0 Å². The van der Waals surface area contributed by atoms with Crippen LogP contribution in [-0.4, -0.2) is 94.3 Å². The Morgan fingerprint density at radius 2 is 1.75 bits per heavy atom. The van der Waals surface area contributed by atoms with Crippen LogP contribution < -0.4 is 45.3 Å². The van der Waals surface area contributed by atoms with Crippen molar-refractivity contribution >= 4 is 73.9 Å². The number of methoxy groups -OCH3 is 1. The van der Waals surface area contributed by atoms with E-state index in [0.29, 0.717) is 92.2 Å². The Labute approximate surface area is 360 Å². The number of hydrogen-bond donors (Lipinski definition) is 5. The number of fused-ring (bicyclic) bond motifs is 1. The molecule has 0 bridgehead atoms. The third-order valence-electron chi connectivity index (χ3n) is 11.8. The van der Waals surface area contributed by atoms with E-state index < -0.39 is 10.0 Å². The maximum absolute atomic E-state index is 12.8. The quantitative estimate of drug-likeness (QED) is 0.0792. The fourth-order valence-electron chi connectivity index (χ4n) is 8.43. The summed E-state index contributed by atoms with van der Waals surface area (Å²) in [5.41, 5.74) is 4.63. The number of aromatic nitrogens is 2. The summed E-state index contributed by atoms with van der Waals surface area (Å²) in [5.74, 6) is 0.977. The summed E-state index contributed by atoms with van der Waals surface area (Å²) in [5, 5.41) is 15.8. The summed E-state index contributed by atoms with van der Waals surface area (Å²) in [6, 6.07) is 19.3. The smallest absolute Gasteiger partial charge is 0.234 e. The molecule has 0 radical (unpaired) electrons. The van der Waals surface area contributed by atoms with Gasteiger partial charge < -0.3 is 35.6 Å². The average Bonchev–Trinajstić information content (AvgIpc) is 3.69. The highest BCUT2D eigenvalue weighted by Gasteiger charge is 2.36. The molecule has 5 N–H and O–H groups in total. The molecule has 8 rings (SSSR count). The molecule has 1 aliphatic carbocycles. The van der Waals surface area contributed by atoms with Gasteiger partial charge in [0.1, 0.15) is 22.6 Å². The van der Waals surface area contributed by atoms with Crippen molar-refractivity contribution in [3.8, 4) is 11.5 Å². The zero-order chi connectivity index (χ0) is 42.7. The zero-order valence-corrected chi connectivity index (χ0v) is 35.7. The molecule has 3 aliphatic heterocycles. The number of para-hydroxylation sites is 1. The fourth-order valence-corrected chi connectivity index (χ4v) is 9.54. The Morgan fingerprint density at radius 1 is 0.951 bits per heavy atom. The standard InChI is InChI=1S/C43H50ClN9O7S/c1-59-37-24-30(9-11-35(37)49-43-47-25-34(44)40(51-43)48-36-8-4-5-26-13-20-53(39(26)36)61(2,57)58)52-18-14-29(15-19-52)45-16-17-46-41(55)28-22-32(23-28)60-31-7-3-6-27(21-31)33-10-12-38(54)50-42(33)56/h3-9,11,21,24-25,28-29,32-33,45H,10,12-20,22-23H2,1-2H3,(H,46,55)(H,50,54,56)(H2,47,48,49,51). The van der Waals surface area contributed by atoms with Crippen LogP contribution in [0.2, 0.25) is 5.02 Å². The predicted octanol–water partition coefficient (Wildman–Crippen LogP) is 5.00. The van der Waals surface area contributed by atoms with Crippen LogP contribution >= 0.6 is 11.6 Å². The van der Waals surface area contributed by atoms with E-state index in [2.05, 4.69) is 41.5 Å². The molecule has 3 amide bonds. The maximum atomic E-state index is 12.8. The average molecular weight is 872 g/mol. The second-order valence-electron chi connectivity index (χ2n) is 15.9. The van der Waals surface area contributed by atoms with Crippen LogP contribution in [0, 0.1) is 5.92 Å².